The van der Waals surface area contributed by atoms with Gasteiger partial charge in [-0.15, -0.1) is 13.2 Å². The highest BCUT2D eigenvalue weighted by atomic mass is 16.1. The summed E-state index contributed by atoms with van der Waals surface area (Å²) >= 11 is 0. The minimum Gasteiger partial charge on any atom is -0.304 e. The van der Waals surface area contributed by atoms with E-state index >= 15 is 0 Å². The molecule has 94 valence electrons. The van der Waals surface area contributed by atoms with Crippen LogP contribution in [0.3, 0.4) is 0 Å². The van der Waals surface area contributed by atoms with E-state index in [-0.39, 0.29) is 0 Å². The van der Waals surface area contributed by atoms with Crippen LogP contribution in [0.5, 0.6) is 0 Å². The highest BCUT2D eigenvalue weighted by Crippen LogP contribution is 2.16. The number of carbonyl (C=O) groups excluding carboxylic acids is 1. The van der Waals surface area contributed by atoms with Crippen molar-refractivity contribution in [3.8, 4) is 0 Å². The molecule has 1 aliphatic rings. The third-order valence-electron chi connectivity index (χ3n) is 1.73. The van der Waals surface area contributed by atoms with Crippen molar-refractivity contribution in [3.63, 3.8) is 0 Å². The van der Waals surface area contributed by atoms with E-state index in [1.165, 1.54) is 26.2 Å². The molecule has 0 saturated heterocycles. The van der Waals surface area contributed by atoms with E-state index in [2.05, 4.69) is 44.4 Å². The summed E-state index contributed by atoms with van der Waals surface area (Å²) in [5.41, 5.74) is 0. The van der Waals surface area contributed by atoms with Gasteiger partial charge in [0.2, 0.25) is 0 Å². The summed E-state index contributed by atoms with van der Waals surface area (Å²) in [7, 11) is 0. The summed E-state index contributed by atoms with van der Waals surface area (Å²) in [4.78, 5) is 8.81. The van der Waals surface area contributed by atoms with Crippen LogP contribution in [0.25, 0.3) is 0 Å². The predicted molar refractivity (Wildman–Crippen MR) is 75.6 cm³/mol. The van der Waals surface area contributed by atoms with Gasteiger partial charge in [0.1, 0.15) is 6.29 Å². The average molecular weight is 224 g/mol. The number of carbonyl (C=O) groups is 1. The number of rotatable bonds is 2. The predicted octanol–water partition coefficient (Wildman–Crippen LogP) is 4.95. The van der Waals surface area contributed by atoms with Gasteiger partial charge in [0.15, 0.2) is 0 Å². The summed E-state index contributed by atoms with van der Waals surface area (Å²) in [6.45, 7) is 13.7. The summed E-state index contributed by atoms with van der Waals surface area (Å²) < 4.78 is 0. The van der Waals surface area contributed by atoms with Gasteiger partial charge in [-0.3, -0.25) is 0 Å². The maximum absolute atomic E-state index is 8.81. The first kappa shape index (κ1) is 20.3. The third kappa shape index (κ3) is 18.6. The largest absolute Gasteiger partial charge is 0.304 e. The van der Waals surface area contributed by atoms with Gasteiger partial charge in [-0.1, -0.05) is 51.5 Å². The molecule has 0 aromatic rings. The zero-order valence-corrected chi connectivity index (χ0v) is 11.4. The van der Waals surface area contributed by atoms with Crippen LogP contribution < -0.4 is 0 Å². The van der Waals surface area contributed by atoms with E-state index in [1.54, 1.807) is 0 Å². The van der Waals surface area contributed by atoms with Crippen molar-refractivity contribution in [3.05, 3.63) is 37.5 Å². The van der Waals surface area contributed by atoms with E-state index in [0.29, 0.717) is 0 Å². The first-order valence-corrected chi connectivity index (χ1v) is 6.08. The molecule has 1 atom stereocenters. The quantitative estimate of drug-likeness (QED) is 0.479. The van der Waals surface area contributed by atoms with Crippen molar-refractivity contribution in [2.45, 2.75) is 47.0 Å². The van der Waals surface area contributed by atoms with Crippen molar-refractivity contribution < 1.29 is 4.79 Å². The van der Waals surface area contributed by atoms with Gasteiger partial charge in [-0.2, -0.15) is 0 Å². The molecule has 1 nitrogen and oxygen atoms in total. The lowest BCUT2D eigenvalue weighted by Gasteiger charge is -2.09. The van der Waals surface area contributed by atoms with Crippen LogP contribution in [-0.4, -0.2) is 6.29 Å². The molecule has 0 bridgehead atoms. The molecule has 0 fully saturated rings. The van der Waals surface area contributed by atoms with E-state index in [0.717, 1.165) is 12.2 Å². The lowest BCUT2D eigenvalue weighted by atomic mass is 9.96. The molecule has 1 rings (SSSR count). The molecular formula is C15H28O. The van der Waals surface area contributed by atoms with Gasteiger partial charge in [-0.05, 0) is 25.7 Å². The molecule has 0 heterocycles. The molecule has 16 heavy (non-hydrogen) atoms. The highest BCUT2D eigenvalue weighted by Gasteiger charge is 2.01. The maximum atomic E-state index is 8.81. The average Bonchev–Trinajstić information content (AvgIpc) is 2.37. The molecule has 0 amide bonds. The van der Waals surface area contributed by atoms with Crippen LogP contribution in [0, 0.1) is 5.92 Å². The van der Waals surface area contributed by atoms with Crippen molar-refractivity contribution in [2.24, 2.45) is 5.92 Å². The normalized spacial score (nSPS) is 15.4. The molecule has 1 unspecified atom stereocenters. The van der Waals surface area contributed by atoms with Crippen LogP contribution in [0.1, 0.15) is 47.0 Å². The molecule has 0 saturated carbocycles. The Bertz CT molecular complexity index is 168. The van der Waals surface area contributed by atoms with Crippen molar-refractivity contribution in [1.29, 1.82) is 0 Å². The Kier molecular flexibility index (Phi) is 30.0. The van der Waals surface area contributed by atoms with E-state index in [9.17, 15) is 0 Å². The second kappa shape index (κ2) is 23.6. The minimum absolute atomic E-state index is 0.750. The number of hydrogen-bond donors (Lipinski definition) is 0. The fraction of sp³-hybridized carbons (Fsp3) is 0.533. The topological polar surface area (TPSA) is 17.1 Å². The lowest BCUT2D eigenvalue weighted by molar-refractivity contribution is -0.106. The Balaban J connectivity index is -0.000000206. The van der Waals surface area contributed by atoms with Gasteiger partial charge in [-0.25, -0.2) is 0 Å². The van der Waals surface area contributed by atoms with Gasteiger partial charge < -0.3 is 4.79 Å². The SMILES string of the molecule is C=C.CC.CC=O.CCCC1C=CC=CC1. The Morgan fingerprint density at radius 3 is 2.12 bits per heavy atom. The van der Waals surface area contributed by atoms with Crippen LogP contribution in [0.15, 0.2) is 37.5 Å². The van der Waals surface area contributed by atoms with Crippen molar-refractivity contribution in [1.82, 2.24) is 0 Å². The molecule has 1 aliphatic carbocycles. The molecule has 1 heteroatoms. The zero-order chi connectivity index (χ0) is 13.2. The highest BCUT2D eigenvalue weighted by molar-refractivity contribution is 5.44. The number of aldehydes is 1. The van der Waals surface area contributed by atoms with E-state index in [4.69, 9.17) is 4.79 Å². The summed E-state index contributed by atoms with van der Waals surface area (Å²) in [5, 5.41) is 0. The van der Waals surface area contributed by atoms with Gasteiger partial charge >= 0.3 is 0 Å². The zero-order valence-electron chi connectivity index (χ0n) is 11.4. The van der Waals surface area contributed by atoms with Crippen molar-refractivity contribution in [2.75, 3.05) is 0 Å². The second-order valence-corrected chi connectivity index (χ2v) is 2.83. The van der Waals surface area contributed by atoms with E-state index in [1.807, 2.05) is 13.8 Å². The second-order valence-electron chi connectivity index (χ2n) is 2.83. The third-order valence-corrected chi connectivity index (χ3v) is 1.73. The fourth-order valence-corrected chi connectivity index (χ4v) is 1.22. The van der Waals surface area contributed by atoms with Gasteiger partial charge in [0.05, 0.1) is 0 Å². The number of allylic oxidation sites excluding steroid dienone is 4. The molecule has 0 spiro atoms. The lowest BCUT2D eigenvalue weighted by Crippen LogP contribution is -1.95. The summed E-state index contributed by atoms with van der Waals surface area (Å²) in [5.74, 6) is 0.833. The molecular weight excluding hydrogens is 196 g/mol. The molecule has 0 aliphatic heterocycles. The van der Waals surface area contributed by atoms with Crippen LogP contribution in [0.2, 0.25) is 0 Å². The molecule has 0 aromatic carbocycles. The monoisotopic (exact) mass is 224 g/mol. The maximum Gasteiger partial charge on any atom is 0.116 e. The van der Waals surface area contributed by atoms with Gasteiger partial charge in [0.25, 0.3) is 0 Å². The first-order valence-electron chi connectivity index (χ1n) is 6.08. The fourth-order valence-electron chi connectivity index (χ4n) is 1.22. The molecule has 0 N–H and O–H groups in total. The Hall–Kier alpha value is -1.11. The Morgan fingerprint density at radius 1 is 1.31 bits per heavy atom. The minimum atomic E-state index is 0.750. The van der Waals surface area contributed by atoms with E-state index < -0.39 is 0 Å². The smallest absolute Gasteiger partial charge is 0.116 e. The summed E-state index contributed by atoms with van der Waals surface area (Å²) in [6, 6.07) is 0. The standard InChI is InChI=1S/C9H14.C2H4O.C2H6.C2H4/c1-2-6-9-7-4-3-5-8-9;1-2-3;2*1-2/h3-5,7,9H,2,6,8H2,1H3;2H,1H3;1-2H3;1-2H2. The van der Waals surface area contributed by atoms with Crippen molar-refractivity contribution >= 4 is 6.29 Å². The number of hydrogen-bond acceptors (Lipinski definition) is 1. The van der Waals surface area contributed by atoms with Crippen LogP contribution in [-0.2, 0) is 4.79 Å². The first-order chi connectivity index (χ1) is 7.85. The Morgan fingerprint density at radius 2 is 1.81 bits per heavy atom. The summed E-state index contributed by atoms with van der Waals surface area (Å²) in [6.07, 6.45) is 13.5. The molecule has 0 aromatic heterocycles. The van der Waals surface area contributed by atoms with Crippen LogP contribution >= 0.6 is 0 Å². The van der Waals surface area contributed by atoms with Crippen LogP contribution in [0.4, 0.5) is 0 Å². The Labute approximate surface area is 102 Å². The molecule has 0 radical (unpaired) electrons. The van der Waals surface area contributed by atoms with Gasteiger partial charge in [0, 0.05) is 0 Å².